The average molecular weight is 263 g/mol. The highest BCUT2D eigenvalue weighted by molar-refractivity contribution is 5.31. The Bertz CT molecular complexity index is 392. The van der Waals surface area contributed by atoms with Crippen LogP contribution in [0.25, 0.3) is 0 Å². The fraction of sp³-hybridized carbons (Fsp3) is 0.625. The molecule has 106 valence electrons. The minimum atomic E-state index is -0.812. The molecule has 2 N–H and O–H groups in total. The smallest absolute Gasteiger partial charge is 0.119 e. The van der Waals surface area contributed by atoms with Gasteiger partial charge in [0.2, 0.25) is 0 Å². The van der Waals surface area contributed by atoms with Crippen LogP contribution in [0, 0.1) is 5.92 Å². The zero-order valence-electron chi connectivity index (χ0n) is 12.1. The number of nitrogens with one attached hydrogen (secondary N) is 1. The van der Waals surface area contributed by atoms with Crippen molar-refractivity contribution < 1.29 is 9.84 Å². The summed E-state index contributed by atoms with van der Waals surface area (Å²) < 4.78 is 5.66. The third-order valence-corrected chi connectivity index (χ3v) is 3.76. The van der Waals surface area contributed by atoms with Crippen LogP contribution in [0.1, 0.15) is 39.2 Å². The summed E-state index contributed by atoms with van der Waals surface area (Å²) in [7, 11) is 0. The Morgan fingerprint density at radius 1 is 1.37 bits per heavy atom. The van der Waals surface area contributed by atoms with Gasteiger partial charge >= 0.3 is 0 Å². The summed E-state index contributed by atoms with van der Waals surface area (Å²) >= 11 is 0. The van der Waals surface area contributed by atoms with Crippen LogP contribution < -0.4 is 10.1 Å². The van der Waals surface area contributed by atoms with Crippen molar-refractivity contribution in [2.45, 2.75) is 45.3 Å². The molecule has 1 saturated heterocycles. The summed E-state index contributed by atoms with van der Waals surface area (Å²) in [5, 5.41) is 14.1. The lowest BCUT2D eigenvalue weighted by molar-refractivity contribution is 0.0218. The summed E-state index contributed by atoms with van der Waals surface area (Å²) in [5.41, 5.74) is 0.136. The molecular weight excluding hydrogens is 238 g/mol. The van der Waals surface area contributed by atoms with E-state index in [4.69, 9.17) is 4.74 Å². The first-order chi connectivity index (χ1) is 9.00. The molecule has 0 bridgehead atoms. The molecule has 2 unspecified atom stereocenters. The predicted molar refractivity (Wildman–Crippen MR) is 77.4 cm³/mol. The van der Waals surface area contributed by atoms with Gasteiger partial charge in [0.1, 0.15) is 11.4 Å². The van der Waals surface area contributed by atoms with Crippen molar-refractivity contribution in [2.75, 3.05) is 13.2 Å². The van der Waals surface area contributed by atoms with Crippen LogP contribution >= 0.6 is 0 Å². The van der Waals surface area contributed by atoms with E-state index in [1.807, 2.05) is 31.2 Å². The van der Waals surface area contributed by atoms with Gasteiger partial charge in [-0.05, 0) is 49.9 Å². The molecule has 1 aliphatic rings. The molecule has 1 aromatic carbocycles. The van der Waals surface area contributed by atoms with Crippen molar-refractivity contribution in [1.82, 2.24) is 5.32 Å². The van der Waals surface area contributed by atoms with Crippen LogP contribution in [-0.4, -0.2) is 24.3 Å². The first kappa shape index (κ1) is 14.4. The van der Waals surface area contributed by atoms with Crippen LogP contribution in [0.2, 0.25) is 0 Å². The van der Waals surface area contributed by atoms with Crippen LogP contribution in [-0.2, 0) is 5.60 Å². The minimum Gasteiger partial charge on any atom is -0.493 e. The van der Waals surface area contributed by atoms with Crippen LogP contribution in [0.15, 0.2) is 24.3 Å². The Morgan fingerprint density at radius 3 is 2.58 bits per heavy atom. The summed E-state index contributed by atoms with van der Waals surface area (Å²) in [5.74, 6) is 1.39. The standard InChI is InChI=1S/C16H25NO2/c1-12(2)11-19-14-8-6-13(7-9-14)16(3,18)15-5-4-10-17-15/h6-9,12,15,17-18H,4-5,10-11H2,1-3H3. The number of rotatable bonds is 5. The highest BCUT2D eigenvalue weighted by Gasteiger charge is 2.35. The van der Waals surface area contributed by atoms with Gasteiger partial charge in [0, 0.05) is 6.04 Å². The molecule has 0 radical (unpaired) electrons. The molecule has 3 heteroatoms. The number of hydrogen-bond acceptors (Lipinski definition) is 3. The first-order valence-electron chi connectivity index (χ1n) is 7.19. The van der Waals surface area contributed by atoms with E-state index in [2.05, 4.69) is 19.2 Å². The second-order valence-corrected chi connectivity index (χ2v) is 6.03. The molecule has 3 nitrogen and oxygen atoms in total. The molecule has 1 fully saturated rings. The molecule has 0 saturated carbocycles. The Labute approximate surface area is 116 Å². The molecule has 1 heterocycles. The van der Waals surface area contributed by atoms with Crippen LogP contribution in [0.4, 0.5) is 0 Å². The molecule has 0 amide bonds. The fourth-order valence-corrected chi connectivity index (χ4v) is 2.52. The summed E-state index contributed by atoms with van der Waals surface area (Å²) in [6.45, 7) is 7.87. The van der Waals surface area contributed by atoms with Gasteiger partial charge in [-0.25, -0.2) is 0 Å². The van der Waals surface area contributed by atoms with Crippen molar-refractivity contribution >= 4 is 0 Å². The zero-order chi connectivity index (χ0) is 13.9. The summed E-state index contributed by atoms with van der Waals surface area (Å²) in [4.78, 5) is 0. The lowest BCUT2D eigenvalue weighted by Crippen LogP contribution is -2.42. The van der Waals surface area contributed by atoms with E-state index in [1.165, 1.54) is 0 Å². The average Bonchev–Trinajstić information content (AvgIpc) is 2.91. The number of hydrogen-bond donors (Lipinski definition) is 2. The highest BCUT2D eigenvalue weighted by atomic mass is 16.5. The van der Waals surface area contributed by atoms with Crippen molar-refractivity contribution in [1.29, 1.82) is 0 Å². The second kappa shape index (κ2) is 5.93. The molecule has 0 aliphatic carbocycles. The molecule has 0 spiro atoms. The number of ether oxygens (including phenoxy) is 1. The molecule has 19 heavy (non-hydrogen) atoms. The van der Waals surface area contributed by atoms with Crippen molar-refractivity contribution in [3.05, 3.63) is 29.8 Å². The maximum atomic E-state index is 10.7. The van der Waals surface area contributed by atoms with Crippen molar-refractivity contribution in [2.24, 2.45) is 5.92 Å². The maximum Gasteiger partial charge on any atom is 0.119 e. The van der Waals surface area contributed by atoms with E-state index in [-0.39, 0.29) is 6.04 Å². The lowest BCUT2D eigenvalue weighted by Gasteiger charge is -2.30. The fourth-order valence-electron chi connectivity index (χ4n) is 2.52. The molecule has 2 atom stereocenters. The number of aliphatic hydroxyl groups is 1. The summed E-state index contributed by atoms with van der Waals surface area (Å²) in [6.07, 6.45) is 2.16. The summed E-state index contributed by atoms with van der Waals surface area (Å²) in [6, 6.07) is 7.98. The van der Waals surface area contributed by atoms with Gasteiger partial charge in [0.15, 0.2) is 0 Å². The van der Waals surface area contributed by atoms with Gasteiger partial charge in [-0.15, -0.1) is 0 Å². The highest BCUT2D eigenvalue weighted by Crippen LogP contribution is 2.30. The second-order valence-electron chi connectivity index (χ2n) is 6.03. The third-order valence-electron chi connectivity index (χ3n) is 3.76. The quantitative estimate of drug-likeness (QED) is 0.858. The first-order valence-corrected chi connectivity index (χ1v) is 7.19. The Kier molecular flexibility index (Phi) is 4.48. The SMILES string of the molecule is CC(C)COc1ccc(C(C)(O)C2CCCN2)cc1. The predicted octanol–water partition coefficient (Wildman–Crippen LogP) is 2.68. The zero-order valence-corrected chi connectivity index (χ0v) is 12.1. The molecule has 2 rings (SSSR count). The van der Waals surface area contributed by atoms with Crippen molar-refractivity contribution in [3.63, 3.8) is 0 Å². The van der Waals surface area contributed by atoms with Gasteiger partial charge in [0.05, 0.1) is 6.61 Å². The largest absolute Gasteiger partial charge is 0.493 e. The topological polar surface area (TPSA) is 41.5 Å². The maximum absolute atomic E-state index is 10.7. The third kappa shape index (κ3) is 3.48. The van der Waals surface area contributed by atoms with Crippen molar-refractivity contribution in [3.8, 4) is 5.75 Å². The Hall–Kier alpha value is -1.06. The lowest BCUT2D eigenvalue weighted by atomic mass is 9.87. The van der Waals surface area contributed by atoms with Gasteiger partial charge in [-0.3, -0.25) is 0 Å². The minimum absolute atomic E-state index is 0.148. The van der Waals surface area contributed by atoms with E-state index in [0.29, 0.717) is 5.92 Å². The Morgan fingerprint density at radius 2 is 2.05 bits per heavy atom. The van der Waals surface area contributed by atoms with Gasteiger partial charge < -0.3 is 15.2 Å². The van der Waals surface area contributed by atoms with E-state index >= 15 is 0 Å². The van der Waals surface area contributed by atoms with Gasteiger partial charge in [-0.1, -0.05) is 26.0 Å². The molecule has 0 aromatic heterocycles. The monoisotopic (exact) mass is 263 g/mol. The van der Waals surface area contributed by atoms with Gasteiger partial charge in [0.25, 0.3) is 0 Å². The van der Waals surface area contributed by atoms with E-state index < -0.39 is 5.60 Å². The number of benzene rings is 1. The molecular formula is C16H25NO2. The van der Waals surface area contributed by atoms with Crippen LogP contribution in [0.5, 0.6) is 5.75 Å². The van der Waals surface area contributed by atoms with E-state index in [1.54, 1.807) is 0 Å². The molecule has 1 aliphatic heterocycles. The van der Waals surface area contributed by atoms with E-state index in [9.17, 15) is 5.11 Å². The Balaban J connectivity index is 2.04. The molecule has 1 aromatic rings. The van der Waals surface area contributed by atoms with E-state index in [0.717, 1.165) is 37.3 Å². The normalized spacial score (nSPS) is 22.5. The van der Waals surface area contributed by atoms with Crippen LogP contribution in [0.3, 0.4) is 0 Å². The van der Waals surface area contributed by atoms with Gasteiger partial charge in [-0.2, -0.15) is 0 Å².